The molecule has 5 nitrogen and oxygen atoms in total. The van der Waals surface area contributed by atoms with Crippen molar-refractivity contribution in [2.75, 3.05) is 11.9 Å². The Balaban J connectivity index is 2.21. The summed E-state index contributed by atoms with van der Waals surface area (Å²) >= 11 is 0. The molecule has 1 heterocycles. The summed E-state index contributed by atoms with van der Waals surface area (Å²) in [7, 11) is 1.80. The number of nitrogens with zero attached hydrogens (tertiary/aromatic N) is 3. The molecule has 20 heavy (non-hydrogen) atoms. The van der Waals surface area contributed by atoms with E-state index in [0.717, 1.165) is 0 Å². The molecule has 0 saturated carbocycles. The van der Waals surface area contributed by atoms with E-state index < -0.39 is 0 Å². The Labute approximate surface area is 116 Å². The lowest BCUT2D eigenvalue weighted by Crippen LogP contribution is -2.20. The van der Waals surface area contributed by atoms with Gasteiger partial charge < -0.3 is 15.8 Å². The molecule has 0 atom stereocenters. The van der Waals surface area contributed by atoms with Crippen molar-refractivity contribution in [1.29, 1.82) is 0 Å². The first-order valence-corrected chi connectivity index (χ1v) is 6.00. The van der Waals surface area contributed by atoms with Gasteiger partial charge in [-0.05, 0) is 18.2 Å². The number of amidine groups is 1. The van der Waals surface area contributed by atoms with Gasteiger partial charge in [-0.25, -0.2) is 9.37 Å². The Bertz CT molecular complexity index is 630. The highest BCUT2D eigenvalue weighted by molar-refractivity contribution is 5.97. The third kappa shape index (κ3) is 3.03. The molecule has 104 valence electrons. The van der Waals surface area contributed by atoms with Gasteiger partial charge in [-0.3, -0.25) is 0 Å². The molecular weight excluding hydrogens is 259 g/mol. The van der Waals surface area contributed by atoms with Gasteiger partial charge >= 0.3 is 0 Å². The molecule has 0 spiro atoms. The van der Waals surface area contributed by atoms with Crippen molar-refractivity contribution in [2.24, 2.45) is 10.9 Å². The normalized spacial score (nSPS) is 11.4. The Morgan fingerprint density at radius 3 is 2.85 bits per heavy atom. The largest absolute Gasteiger partial charge is 0.409 e. The third-order valence-corrected chi connectivity index (χ3v) is 2.91. The van der Waals surface area contributed by atoms with E-state index in [9.17, 15) is 4.39 Å². The van der Waals surface area contributed by atoms with E-state index in [-0.39, 0.29) is 11.7 Å². The van der Waals surface area contributed by atoms with Crippen molar-refractivity contribution in [3.63, 3.8) is 0 Å². The quantitative estimate of drug-likeness (QED) is 0.387. The first-order valence-electron chi connectivity index (χ1n) is 6.00. The van der Waals surface area contributed by atoms with Gasteiger partial charge in [0.1, 0.15) is 11.6 Å². The molecule has 6 heteroatoms. The average molecular weight is 274 g/mol. The first-order chi connectivity index (χ1) is 9.61. The summed E-state index contributed by atoms with van der Waals surface area (Å²) in [5, 5.41) is 11.6. The second kappa shape index (κ2) is 6.01. The number of benzene rings is 1. The van der Waals surface area contributed by atoms with Crippen LogP contribution in [-0.2, 0) is 6.54 Å². The van der Waals surface area contributed by atoms with Crippen molar-refractivity contribution in [3.8, 4) is 0 Å². The van der Waals surface area contributed by atoms with E-state index in [4.69, 9.17) is 10.9 Å². The van der Waals surface area contributed by atoms with Gasteiger partial charge in [-0.2, -0.15) is 0 Å². The second-order valence-electron chi connectivity index (χ2n) is 4.34. The van der Waals surface area contributed by atoms with Crippen LogP contribution in [0.1, 0.15) is 11.1 Å². The average Bonchev–Trinajstić information content (AvgIpc) is 2.49. The number of anilines is 1. The van der Waals surface area contributed by atoms with Crippen LogP contribution in [0.25, 0.3) is 0 Å². The Hall–Kier alpha value is -2.63. The number of rotatable bonds is 4. The number of pyridine rings is 1. The van der Waals surface area contributed by atoms with Gasteiger partial charge in [0.25, 0.3) is 0 Å². The summed E-state index contributed by atoms with van der Waals surface area (Å²) in [6.07, 6.45) is 1.56. The fraction of sp³-hybridized carbons (Fsp3) is 0.143. The van der Waals surface area contributed by atoms with Crippen LogP contribution < -0.4 is 10.6 Å². The van der Waals surface area contributed by atoms with Crippen LogP contribution in [0.5, 0.6) is 0 Å². The molecule has 0 bridgehead atoms. The van der Waals surface area contributed by atoms with Crippen molar-refractivity contribution in [2.45, 2.75) is 6.54 Å². The van der Waals surface area contributed by atoms with Crippen LogP contribution in [0.3, 0.4) is 0 Å². The van der Waals surface area contributed by atoms with Gasteiger partial charge in [0.2, 0.25) is 0 Å². The lowest BCUT2D eigenvalue weighted by atomic mass is 10.2. The smallest absolute Gasteiger partial charge is 0.170 e. The minimum absolute atomic E-state index is 0.00735. The minimum Gasteiger partial charge on any atom is -0.409 e. The maximum absolute atomic E-state index is 13.6. The molecule has 0 saturated heterocycles. The number of aromatic nitrogens is 1. The monoisotopic (exact) mass is 274 g/mol. The predicted molar refractivity (Wildman–Crippen MR) is 75.3 cm³/mol. The lowest BCUT2D eigenvalue weighted by Gasteiger charge is -2.19. The molecule has 2 rings (SSSR count). The van der Waals surface area contributed by atoms with Crippen LogP contribution in [0, 0.1) is 5.82 Å². The lowest BCUT2D eigenvalue weighted by molar-refractivity contribution is 0.318. The maximum atomic E-state index is 13.6. The molecule has 0 aliphatic heterocycles. The van der Waals surface area contributed by atoms with E-state index in [2.05, 4.69) is 10.1 Å². The van der Waals surface area contributed by atoms with Crippen molar-refractivity contribution >= 4 is 11.7 Å². The first kappa shape index (κ1) is 13.8. The van der Waals surface area contributed by atoms with E-state index in [0.29, 0.717) is 23.5 Å². The molecule has 0 radical (unpaired) electrons. The van der Waals surface area contributed by atoms with Gasteiger partial charge in [0, 0.05) is 30.9 Å². The fourth-order valence-electron chi connectivity index (χ4n) is 1.81. The summed E-state index contributed by atoms with van der Waals surface area (Å²) in [5.74, 6) is 0.359. The highest BCUT2D eigenvalue weighted by Crippen LogP contribution is 2.16. The fourth-order valence-corrected chi connectivity index (χ4v) is 1.81. The Kier molecular flexibility index (Phi) is 4.14. The third-order valence-electron chi connectivity index (χ3n) is 2.91. The zero-order valence-electron chi connectivity index (χ0n) is 11.0. The van der Waals surface area contributed by atoms with Crippen LogP contribution in [0.2, 0.25) is 0 Å². The molecule has 3 N–H and O–H groups in total. The summed E-state index contributed by atoms with van der Waals surface area (Å²) in [6.45, 7) is 0.374. The number of oxime groups is 1. The van der Waals surface area contributed by atoms with Crippen molar-refractivity contribution < 1.29 is 9.60 Å². The molecule has 0 unspecified atom stereocenters. The molecule has 0 fully saturated rings. The number of nitrogens with two attached hydrogens (primary N) is 1. The maximum Gasteiger partial charge on any atom is 0.170 e. The van der Waals surface area contributed by atoms with Crippen LogP contribution in [0.4, 0.5) is 10.2 Å². The van der Waals surface area contributed by atoms with Crippen LogP contribution in [-0.4, -0.2) is 23.1 Å². The summed E-state index contributed by atoms with van der Waals surface area (Å²) < 4.78 is 13.6. The van der Waals surface area contributed by atoms with Crippen molar-refractivity contribution in [3.05, 3.63) is 59.5 Å². The summed E-state index contributed by atoms with van der Waals surface area (Å²) in [6, 6.07) is 9.89. The highest BCUT2D eigenvalue weighted by atomic mass is 19.1. The Morgan fingerprint density at radius 1 is 1.40 bits per heavy atom. The van der Waals surface area contributed by atoms with Crippen molar-refractivity contribution in [1.82, 2.24) is 4.98 Å². The Morgan fingerprint density at radius 2 is 2.15 bits per heavy atom. The number of hydrogen-bond donors (Lipinski definition) is 2. The zero-order chi connectivity index (χ0) is 14.5. The molecule has 1 aromatic heterocycles. The van der Waals surface area contributed by atoms with Gasteiger partial charge in [0.05, 0.1) is 0 Å². The molecule has 0 aliphatic rings. The highest BCUT2D eigenvalue weighted by Gasteiger charge is 2.09. The topological polar surface area (TPSA) is 74.7 Å². The van der Waals surface area contributed by atoms with Gasteiger partial charge in [-0.15, -0.1) is 0 Å². The molecule has 0 aliphatic carbocycles. The second-order valence-corrected chi connectivity index (χ2v) is 4.34. The summed E-state index contributed by atoms with van der Waals surface area (Å²) in [5.41, 5.74) is 6.66. The number of hydrogen-bond acceptors (Lipinski definition) is 4. The standard InChI is InChI=1S/C14H15FN4O/c1-19(9-11-4-2-3-5-12(11)15)13-8-10(6-7-17-13)14(16)18-20/h2-8,20H,9H2,1H3,(H2,16,18). The minimum atomic E-state index is -0.257. The molecular formula is C14H15FN4O. The van der Waals surface area contributed by atoms with E-state index in [1.807, 2.05) is 0 Å². The molecule has 0 amide bonds. The summed E-state index contributed by atoms with van der Waals surface area (Å²) in [4.78, 5) is 5.98. The van der Waals surface area contributed by atoms with Gasteiger partial charge in [-0.1, -0.05) is 23.4 Å². The van der Waals surface area contributed by atoms with Crippen LogP contribution in [0.15, 0.2) is 47.8 Å². The van der Waals surface area contributed by atoms with E-state index in [1.54, 1.807) is 48.5 Å². The SMILES string of the molecule is CN(Cc1ccccc1F)c1cc(C(N)=NO)ccn1. The van der Waals surface area contributed by atoms with Gasteiger partial charge in [0.15, 0.2) is 5.84 Å². The van der Waals surface area contributed by atoms with Crippen LogP contribution >= 0.6 is 0 Å². The predicted octanol–water partition coefficient (Wildman–Crippen LogP) is 1.95. The molecule has 2 aromatic rings. The van der Waals surface area contributed by atoms with E-state index >= 15 is 0 Å². The number of halogens is 1. The zero-order valence-corrected chi connectivity index (χ0v) is 11.0. The van der Waals surface area contributed by atoms with E-state index in [1.165, 1.54) is 6.07 Å². The molecule has 1 aromatic carbocycles.